The Morgan fingerprint density at radius 2 is 1.90 bits per heavy atom. The number of nitrogens with two attached hydrogens (primary N) is 1. The van der Waals surface area contributed by atoms with Gasteiger partial charge in [-0.05, 0) is 30.3 Å². The highest BCUT2D eigenvalue weighted by Crippen LogP contribution is 2.35. The molecule has 0 saturated carbocycles. The molecule has 0 aliphatic heterocycles. The Morgan fingerprint density at radius 1 is 1.20 bits per heavy atom. The minimum absolute atomic E-state index is 0.0844. The van der Waals surface area contributed by atoms with Crippen LogP contribution in [0.2, 0.25) is 0 Å². The number of hydrogen-bond acceptors (Lipinski definition) is 3. The highest BCUT2D eigenvalue weighted by molar-refractivity contribution is 5.93. The first kappa shape index (κ1) is 13.9. The normalized spacial score (nSPS) is 11.3. The van der Waals surface area contributed by atoms with Gasteiger partial charge in [-0.3, -0.25) is 9.78 Å². The van der Waals surface area contributed by atoms with Gasteiger partial charge in [0.2, 0.25) is 5.91 Å². The number of alkyl halides is 3. The number of carbonyl (C=O) groups is 1. The summed E-state index contributed by atoms with van der Waals surface area (Å²) in [6.45, 7) is 0. The maximum atomic E-state index is 12.5. The monoisotopic (exact) mass is 282 g/mol. The van der Waals surface area contributed by atoms with Crippen molar-refractivity contribution in [3.63, 3.8) is 0 Å². The lowest BCUT2D eigenvalue weighted by Gasteiger charge is -2.10. The van der Waals surface area contributed by atoms with Crippen LogP contribution in [-0.4, -0.2) is 16.0 Å². The number of phenols is 1. The van der Waals surface area contributed by atoms with Crippen molar-refractivity contribution in [1.82, 2.24) is 4.98 Å². The van der Waals surface area contributed by atoms with Crippen LogP contribution in [0.1, 0.15) is 15.9 Å². The van der Waals surface area contributed by atoms with Crippen LogP contribution in [0.4, 0.5) is 13.2 Å². The third kappa shape index (κ3) is 2.71. The van der Waals surface area contributed by atoms with E-state index in [1.165, 1.54) is 18.3 Å². The van der Waals surface area contributed by atoms with Gasteiger partial charge in [0, 0.05) is 17.3 Å². The molecule has 2 aromatic rings. The van der Waals surface area contributed by atoms with Crippen LogP contribution in [-0.2, 0) is 6.18 Å². The summed E-state index contributed by atoms with van der Waals surface area (Å²) in [5, 5.41) is 9.68. The summed E-state index contributed by atoms with van der Waals surface area (Å²) in [5.74, 6) is -1.27. The molecule has 2 rings (SSSR count). The first-order valence-corrected chi connectivity index (χ1v) is 5.45. The first-order chi connectivity index (χ1) is 9.29. The largest absolute Gasteiger partial charge is 0.507 e. The van der Waals surface area contributed by atoms with Gasteiger partial charge in [0.15, 0.2) is 0 Å². The average Bonchev–Trinajstić information content (AvgIpc) is 2.37. The molecule has 0 saturated heterocycles. The highest BCUT2D eigenvalue weighted by Gasteiger charge is 2.31. The number of aromatic nitrogens is 1. The van der Waals surface area contributed by atoms with Crippen LogP contribution < -0.4 is 5.73 Å². The van der Waals surface area contributed by atoms with E-state index < -0.39 is 23.4 Å². The number of benzene rings is 1. The number of halogens is 3. The minimum atomic E-state index is -4.54. The zero-order chi connectivity index (χ0) is 14.9. The topological polar surface area (TPSA) is 76.2 Å². The summed E-state index contributed by atoms with van der Waals surface area (Å²) in [7, 11) is 0. The molecule has 0 bridgehead atoms. The summed E-state index contributed by atoms with van der Waals surface area (Å²) >= 11 is 0. The Morgan fingerprint density at radius 3 is 2.45 bits per heavy atom. The van der Waals surface area contributed by atoms with E-state index in [4.69, 9.17) is 5.73 Å². The van der Waals surface area contributed by atoms with Crippen molar-refractivity contribution in [2.45, 2.75) is 6.18 Å². The van der Waals surface area contributed by atoms with Gasteiger partial charge in [-0.15, -0.1) is 0 Å². The van der Waals surface area contributed by atoms with E-state index in [9.17, 15) is 23.1 Å². The molecule has 7 heteroatoms. The van der Waals surface area contributed by atoms with Crippen molar-refractivity contribution in [2.75, 3.05) is 0 Å². The van der Waals surface area contributed by atoms with Crippen LogP contribution in [0.15, 0.2) is 36.5 Å². The van der Waals surface area contributed by atoms with Gasteiger partial charge in [0.05, 0.1) is 11.3 Å². The van der Waals surface area contributed by atoms with E-state index >= 15 is 0 Å². The maximum absolute atomic E-state index is 12.5. The SMILES string of the molecule is NC(=O)c1ccnc(-c2ccc(C(F)(F)F)cc2O)c1. The molecule has 0 radical (unpaired) electrons. The lowest BCUT2D eigenvalue weighted by Crippen LogP contribution is -2.11. The van der Waals surface area contributed by atoms with Gasteiger partial charge in [-0.2, -0.15) is 13.2 Å². The van der Waals surface area contributed by atoms with Crippen molar-refractivity contribution in [3.05, 3.63) is 47.7 Å². The predicted molar refractivity (Wildman–Crippen MR) is 64.9 cm³/mol. The average molecular weight is 282 g/mol. The third-order valence-corrected chi connectivity index (χ3v) is 2.65. The number of nitrogens with zero attached hydrogens (tertiary/aromatic N) is 1. The second-order valence-corrected chi connectivity index (χ2v) is 4.02. The van der Waals surface area contributed by atoms with Gasteiger partial charge in [-0.25, -0.2) is 0 Å². The number of aromatic hydroxyl groups is 1. The van der Waals surface area contributed by atoms with Crippen molar-refractivity contribution >= 4 is 5.91 Å². The Labute approximate surface area is 111 Å². The highest BCUT2D eigenvalue weighted by atomic mass is 19.4. The zero-order valence-electron chi connectivity index (χ0n) is 9.98. The molecule has 104 valence electrons. The Bertz CT molecular complexity index is 669. The van der Waals surface area contributed by atoms with Crippen LogP contribution in [0.25, 0.3) is 11.3 Å². The molecule has 1 aromatic heterocycles. The summed E-state index contributed by atoms with van der Waals surface area (Å²) in [6, 6.07) is 5.19. The summed E-state index contributed by atoms with van der Waals surface area (Å²) < 4.78 is 37.5. The number of rotatable bonds is 2. The van der Waals surface area contributed by atoms with Gasteiger partial charge < -0.3 is 10.8 Å². The fourth-order valence-corrected chi connectivity index (χ4v) is 1.66. The van der Waals surface area contributed by atoms with Crippen molar-refractivity contribution < 1.29 is 23.1 Å². The Kier molecular flexibility index (Phi) is 3.35. The van der Waals surface area contributed by atoms with Crippen molar-refractivity contribution in [2.24, 2.45) is 5.73 Å². The Hall–Kier alpha value is -2.57. The summed E-state index contributed by atoms with van der Waals surface area (Å²) in [5.41, 5.74) is 4.53. The summed E-state index contributed by atoms with van der Waals surface area (Å²) in [6.07, 6.45) is -3.26. The molecule has 0 atom stereocenters. The predicted octanol–water partition coefficient (Wildman–Crippen LogP) is 2.57. The van der Waals surface area contributed by atoms with E-state index in [1.807, 2.05) is 0 Å². The first-order valence-electron chi connectivity index (χ1n) is 5.45. The lowest BCUT2D eigenvalue weighted by molar-refractivity contribution is -0.137. The third-order valence-electron chi connectivity index (χ3n) is 2.65. The van der Waals surface area contributed by atoms with Gasteiger partial charge in [0.1, 0.15) is 5.75 Å². The lowest BCUT2D eigenvalue weighted by atomic mass is 10.1. The molecule has 4 nitrogen and oxygen atoms in total. The second-order valence-electron chi connectivity index (χ2n) is 4.02. The van der Waals surface area contributed by atoms with Gasteiger partial charge in [0.25, 0.3) is 0 Å². The quantitative estimate of drug-likeness (QED) is 0.888. The van der Waals surface area contributed by atoms with Crippen LogP contribution in [0, 0.1) is 0 Å². The number of amides is 1. The number of carbonyl (C=O) groups excluding carboxylic acids is 1. The molecule has 1 aromatic carbocycles. The Balaban J connectivity index is 2.49. The molecule has 20 heavy (non-hydrogen) atoms. The van der Waals surface area contributed by atoms with Crippen molar-refractivity contribution in [1.29, 1.82) is 0 Å². The number of phenolic OH excluding ortho intramolecular Hbond substituents is 1. The molecule has 0 aliphatic carbocycles. The standard InChI is InChI=1S/C13H9F3N2O2/c14-13(15,16)8-1-2-9(11(19)6-8)10-5-7(12(17)20)3-4-18-10/h1-6,19H,(H2,17,20). The number of hydrogen-bond donors (Lipinski definition) is 2. The molecular weight excluding hydrogens is 273 g/mol. The summed E-state index contributed by atoms with van der Waals surface area (Å²) in [4.78, 5) is 14.9. The number of primary amides is 1. The smallest absolute Gasteiger partial charge is 0.416 e. The van der Waals surface area contributed by atoms with Crippen LogP contribution in [0.5, 0.6) is 5.75 Å². The molecule has 0 fully saturated rings. The minimum Gasteiger partial charge on any atom is -0.507 e. The van der Waals surface area contributed by atoms with E-state index in [2.05, 4.69) is 4.98 Å². The number of pyridine rings is 1. The van der Waals surface area contributed by atoms with E-state index in [-0.39, 0.29) is 16.8 Å². The molecular formula is C13H9F3N2O2. The molecule has 0 aliphatic rings. The van der Waals surface area contributed by atoms with Gasteiger partial charge >= 0.3 is 6.18 Å². The van der Waals surface area contributed by atoms with Crippen LogP contribution in [0.3, 0.4) is 0 Å². The molecule has 0 spiro atoms. The fraction of sp³-hybridized carbons (Fsp3) is 0.0769. The maximum Gasteiger partial charge on any atom is 0.416 e. The molecule has 1 heterocycles. The zero-order valence-corrected chi connectivity index (χ0v) is 9.98. The molecule has 3 N–H and O–H groups in total. The van der Waals surface area contributed by atoms with Crippen molar-refractivity contribution in [3.8, 4) is 17.0 Å². The van der Waals surface area contributed by atoms with Gasteiger partial charge in [-0.1, -0.05) is 0 Å². The second kappa shape index (κ2) is 4.84. The molecule has 1 amide bonds. The van der Waals surface area contributed by atoms with E-state index in [0.717, 1.165) is 12.1 Å². The molecule has 0 unspecified atom stereocenters. The van der Waals surface area contributed by atoms with E-state index in [0.29, 0.717) is 6.07 Å². The van der Waals surface area contributed by atoms with Crippen LogP contribution >= 0.6 is 0 Å². The fourth-order valence-electron chi connectivity index (χ4n) is 1.66. The van der Waals surface area contributed by atoms with E-state index in [1.54, 1.807) is 0 Å².